The van der Waals surface area contributed by atoms with Gasteiger partial charge in [-0.3, -0.25) is 0 Å². The van der Waals surface area contributed by atoms with Gasteiger partial charge in [-0.1, -0.05) is 57.9 Å². The second kappa shape index (κ2) is 15.8. The third kappa shape index (κ3) is 11.8. The average Bonchev–Trinajstić information content (AvgIpc) is 2.62. The first-order valence-electron chi connectivity index (χ1n) is 9.08. The first-order chi connectivity index (χ1) is 11.6. The predicted molar refractivity (Wildman–Crippen MR) is 98.9 cm³/mol. The molecule has 0 N–H and O–H groups in total. The summed E-state index contributed by atoms with van der Waals surface area (Å²) in [6, 6.07) is 0.896. The van der Waals surface area contributed by atoms with Crippen LogP contribution in [0.3, 0.4) is 0 Å². The fourth-order valence-corrected chi connectivity index (χ4v) is 4.44. The van der Waals surface area contributed by atoms with Gasteiger partial charge in [-0.15, -0.1) is 0 Å². The molecule has 0 aromatic heterocycles. The molecule has 0 unspecified atom stereocenters. The summed E-state index contributed by atoms with van der Waals surface area (Å²) < 4.78 is 21.2. The van der Waals surface area contributed by atoms with Crippen LogP contribution in [-0.4, -0.2) is 42.7 Å². The van der Waals surface area contributed by atoms with E-state index in [1.807, 2.05) is 0 Å². The van der Waals surface area contributed by atoms with Crippen LogP contribution in [0.2, 0.25) is 6.04 Å². The first-order valence-corrected chi connectivity index (χ1v) is 11.0. The lowest BCUT2D eigenvalue weighted by atomic mass is 10.1. The zero-order valence-electron chi connectivity index (χ0n) is 15.8. The van der Waals surface area contributed by atoms with Crippen LogP contribution in [0.5, 0.6) is 0 Å². The molecule has 0 rings (SSSR count). The molecule has 0 aromatic rings. The van der Waals surface area contributed by atoms with E-state index in [4.69, 9.17) is 18.0 Å². The van der Waals surface area contributed by atoms with Gasteiger partial charge >= 0.3 is 14.8 Å². The van der Waals surface area contributed by atoms with Crippen LogP contribution in [0.25, 0.3) is 0 Å². The normalized spacial score (nSPS) is 11.5. The zero-order chi connectivity index (χ0) is 18.1. The fourth-order valence-electron chi connectivity index (χ4n) is 2.65. The van der Waals surface area contributed by atoms with Gasteiger partial charge in [0.25, 0.3) is 0 Å². The molecule has 0 radical (unpaired) electrons. The van der Waals surface area contributed by atoms with Gasteiger partial charge in [0.15, 0.2) is 0 Å². The van der Waals surface area contributed by atoms with E-state index in [2.05, 4.69) is 6.58 Å². The Bertz CT molecular complexity index is 310. The van der Waals surface area contributed by atoms with Gasteiger partial charge in [-0.05, 0) is 12.8 Å². The summed E-state index contributed by atoms with van der Waals surface area (Å²) in [7, 11) is 2.65. The minimum absolute atomic E-state index is 0.323. The Kier molecular flexibility index (Phi) is 15.4. The molecule has 0 aromatic carbocycles. The number of hydrogen-bond acceptors (Lipinski definition) is 5. The van der Waals surface area contributed by atoms with Gasteiger partial charge in [0.05, 0.1) is 6.61 Å². The molecule has 0 aliphatic heterocycles. The number of unbranched alkanes of at least 4 members (excludes halogenated alkanes) is 9. The molecule has 0 saturated heterocycles. The molecule has 0 spiro atoms. The van der Waals surface area contributed by atoms with Crippen molar-refractivity contribution >= 4 is 14.8 Å². The van der Waals surface area contributed by atoms with Crippen molar-refractivity contribution in [3.05, 3.63) is 12.7 Å². The average molecular weight is 361 g/mol. The summed E-state index contributed by atoms with van der Waals surface area (Å²) in [6.45, 7) is 3.88. The molecule has 0 saturated carbocycles. The summed E-state index contributed by atoms with van der Waals surface area (Å²) in [5.41, 5.74) is 0. The lowest BCUT2D eigenvalue weighted by molar-refractivity contribution is -0.137. The van der Waals surface area contributed by atoms with Gasteiger partial charge in [-0.25, -0.2) is 4.79 Å². The highest BCUT2D eigenvalue weighted by molar-refractivity contribution is 6.60. The monoisotopic (exact) mass is 360 g/mol. The SMILES string of the molecule is C=CC(=O)OCCCCCCCCCCCC[Si](OC)(OC)OC. The van der Waals surface area contributed by atoms with Gasteiger partial charge in [-0.2, -0.15) is 0 Å². The third-order valence-corrected chi connectivity index (χ3v) is 7.05. The Morgan fingerprint density at radius 1 is 0.792 bits per heavy atom. The quantitative estimate of drug-likeness (QED) is 0.165. The summed E-state index contributed by atoms with van der Waals surface area (Å²) in [6.07, 6.45) is 13.2. The lowest BCUT2D eigenvalue weighted by Gasteiger charge is -2.24. The van der Waals surface area contributed by atoms with Crippen molar-refractivity contribution in [3.63, 3.8) is 0 Å². The van der Waals surface area contributed by atoms with E-state index in [1.54, 1.807) is 21.3 Å². The molecular formula is C18H36O5Si. The molecule has 0 aliphatic rings. The zero-order valence-corrected chi connectivity index (χ0v) is 16.8. The topological polar surface area (TPSA) is 54.0 Å². The van der Waals surface area contributed by atoms with Gasteiger partial charge in [0, 0.05) is 33.4 Å². The molecule has 0 atom stereocenters. The Labute approximate surface area is 149 Å². The predicted octanol–water partition coefficient (Wildman–Crippen LogP) is 4.49. The van der Waals surface area contributed by atoms with Crippen molar-refractivity contribution < 1.29 is 22.8 Å². The van der Waals surface area contributed by atoms with E-state index in [1.165, 1.54) is 51.0 Å². The summed E-state index contributed by atoms with van der Waals surface area (Å²) in [4.78, 5) is 10.8. The van der Waals surface area contributed by atoms with Crippen LogP contribution >= 0.6 is 0 Å². The molecule has 0 bridgehead atoms. The highest BCUT2D eigenvalue weighted by Gasteiger charge is 2.36. The molecule has 0 fully saturated rings. The van der Waals surface area contributed by atoms with Gasteiger partial charge in [0.2, 0.25) is 0 Å². The molecule has 0 amide bonds. The van der Waals surface area contributed by atoms with E-state index in [0.29, 0.717) is 6.61 Å². The lowest BCUT2D eigenvalue weighted by Crippen LogP contribution is -2.42. The summed E-state index contributed by atoms with van der Waals surface area (Å²) >= 11 is 0. The fraction of sp³-hybridized carbons (Fsp3) is 0.833. The largest absolute Gasteiger partial charge is 0.500 e. The van der Waals surface area contributed by atoms with Crippen molar-refractivity contribution in [2.45, 2.75) is 70.3 Å². The molecular weight excluding hydrogens is 324 g/mol. The summed E-state index contributed by atoms with van der Waals surface area (Å²) in [5.74, 6) is -0.323. The van der Waals surface area contributed by atoms with Crippen LogP contribution in [0.4, 0.5) is 0 Å². The van der Waals surface area contributed by atoms with E-state index in [9.17, 15) is 4.79 Å². The van der Waals surface area contributed by atoms with Crippen LogP contribution in [0, 0.1) is 0 Å². The Morgan fingerprint density at radius 2 is 1.21 bits per heavy atom. The minimum atomic E-state index is -2.36. The molecule has 142 valence electrons. The van der Waals surface area contributed by atoms with E-state index < -0.39 is 8.80 Å². The minimum Gasteiger partial charge on any atom is -0.463 e. The number of carbonyl (C=O) groups is 1. The second-order valence-electron chi connectivity index (χ2n) is 5.95. The van der Waals surface area contributed by atoms with E-state index >= 15 is 0 Å². The molecule has 5 nitrogen and oxygen atoms in total. The summed E-state index contributed by atoms with van der Waals surface area (Å²) in [5, 5.41) is 0. The maximum atomic E-state index is 10.8. The number of carbonyl (C=O) groups excluding carboxylic acids is 1. The number of ether oxygens (including phenoxy) is 1. The van der Waals surface area contributed by atoms with Crippen LogP contribution in [-0.2, 0) is 22.8 Å². The highest BCUT2D eigenvalue weighted by Crippen LogP contribution is 2.18. The van der Waals surface area contributed by atoms with E-state index in [0.717, 1.165) is 25.3 Å². The van der Waals surface area contributed by atoms with Crippen LogP contribution < -0.4 is 0 Å². The second-order valence-corrected chi connectivity index (χ2v) is 9.04. The van der Waals surface area contributed by atoms with Crippen LogP contribution in [0.1, 0.15) is 64.2 Å². The molecule has 24 heavy (non-hydrogen) atoms. The molecule has 0 aliphatic carbocycles. The maximum Gasteiger partial charge on any atom is 0.500 e. The smallest absolute Gasteiger partial charge is 0.463 e. The number of rotatable bonds is 17. The highest BCUT2D eigenvalue weighted by atomic mass is 28.4. The maximum absolute atomic E-state index is 10.8. The van der Waals surface area contributed by atoms with Crippen molar-refractivity contribution in [1.82, 2.24) is 0 Å². The first kappa shape index (κ1) is 23.3. The van der Waals surface area contributed by atoms with Crippen LogP contribution in [0.15, 0.2) is 12.7 Å². The Balaban J connectivity index is 3.31. The van der Waals surface area contributed by atoms with Gasteiger partial charge < -0.3 is 18.0 Å². The molecule has 6 heteroatoms. The van der Waals surface area contributed by atoms with Crippen molar-refractivity contribution in [2.24, 2.45) is 0 Å². The van der Waals surface area contributed by atoms with Crippen molar-refractivity contribution in [3.8, 4) is 0 Å². The number of hydrogen-bond donors (Lipinski definition) is 0. The molecule has 0 heterocycles. The Morgan fingerprint density at radius 3 is 1.62 bits per heavy atom. The van der Waals surface area contributed by atoms with Gasteiger partial charge in [0.1, 0.15) is 0 Å². The standard InChI is InChI=1S/C18H36O5Si/c1-5-18(19)23-16-14-12-10-8-6-7-9-11-13-15-17-24(20-2,21-3)22-4/h5H,1,6-17H2,2-4H3. The number of esters is 1. The third-order valence-electron chi connectivity index (χ3n) is 4.22. The Hall–Kier alpha value is -0.693. The van der Waals surface area contributed by atoms with Crippen molar-refractivity contribution in [2.75, 3.05) is 27.9 Å². The van der Waals surface area contributed by atoms with Crippen molar-refractivity contribution in [1.29, 1.82) is 0 Å². The van der Waals surface area contributed by atoms with E-state index in [-0.39, 0.29) is 5.97 Å².